The lowest BCUT2D eigenvalue weighted by Gasteiger charge is -2.10. The Morgan fingerprint density at radius 3 is 1.88 bits per heavy atom. The fourth-order valence-corrected chi connectivity index (χ4v) is 2.70. The van der Waals surface area contributed by atoms with Crippen molar-refractivity contribution in [3.8, 4) is 0 Å². The van der Waals surface area contributed by atoms with Crippen LogP contribution in [-0.4, -0.2) is 62.1 Å². The summed E-state index contributed by atoms with van der Waals surface area (Å²) in [4.78, 5) is 36.1. The van der Waals surface area contributed by atoms with E-state index in [4.69, 9.17) is 17.3 Å². The number of aromatic nitrogens is 6. The third-order valence-electron chi connectivity index (χ3n) is 3.34. The van der Waals surface area contributed by atoms with Gasteiger partial charge in [0, 0.05) is 63.4 Å². The summed E-state index contributed by atoms with van der Waals surface area (Å²) in [5, 5.41) is 5.90. The van der Waals surface area contributed by atoms with Gasteiger partial charge in [-0.25, -0.2) is 34.7 Å². The Balaban J connectivity index is 0.000000175. The normalized spacial score (nSPS) is 12.2. The lowest BCUT2D eigenvalue weighted by atomic mass is 10.6. The van der Waals surface area contributed by atoms with Crippen LogP contribution in [0.5, 0.6) is 0 Å². The van der Waals surface area contributed by atoms with Gasteiger partial charge < -0.3 is 16.4 Å². The molecule has 170 valence electrons. The zero-order valence-electron chi connectivity index (χ0n) is 16.4. The van der Waals surface area contributed by atoms with Crippen LogP contribution in [-0.2, 0) is 0 Å². The number of urea groups is 1. The van der Waals surface area contributed by atoms with Crippen molar-refractivity contribution in [2.75, 3.05) is 36.4 Å². The van der Waals surface area contributed by atoms with Gasteiger partial charge in [-0.3, -0.25) is 4.90 Å². The van der Waals surface area contributed by atoms with Crippen molar-refractivity contribution in [3.63, 3.8) is 0 Å². The minimum atomic E-state index is -0.137. The van der Waals surface area contributed by atoms with Gasteiger partial charge in [0.15, 0.2) is 0 Å². The molecule has 1 saturated heterocycles. The fourth-order valence-electron chi connectivity index (χ4n) is 1.99. The van der Waals surface area contributed by atoms with Crippen LogP contribution in [0.4, 0.5) is 16.7 Å². The predicted octanol–water partition coefficient (Wildman–Crippen LogP) is 3.27. The highest BCUT2D eigenvalue weighted by Gasteiger charge is 2.22. The minimum absolute atomic E-state index is 0.137. The number of amides is 2. The maximum Gasteiger partial charge on any atom is 0.324 e. The van der Waals surface area contributed by atoms with E-state index in [1.807, 2.05) is 0 Å². The molecule has 4 rings (SSSR count). The molecule has 0 spiro atoms. The second kappa shape index (κ2) is 14.2. The minimum Gasteiger partial charge on any atom is -0.353 e. The largest absolute Gasteiger partial charge is 0.353 e. The number of nitrogens with one attached hydrogen (secondary N) is 2. The highest BCUT2D eigenvalue weighted by Crippen LogP contribution is 2.12. The smallest absolute Gasteiger partial charge is 0.324 e. The molecule has 0 aliphatic carbocycles. The molecule has 0 unspecified atom stereocenters. The Hall–Kier alpha value is -2.00. The topological polar surface area (TPSA) is 148 Å². The molecule has 15 heteroatoms. The molecule has 2 amide bonds. The first-order chi connectivity index (χ1) is 15.4. The van der Waals surface area contributed by atoms with E-state index in [1.165, 1.54) is 4.90 Å². The molecule has 4 N–H and O–H groups in total. The van der Waals surface area contributed by atoms with E-state index in [0.29, 0.717) is 38.1 Å². The van der Waals surface area contributed by atoms with Crippen LogP contribution in [0.15, 0.2) is 50.6 Å². The molecular formula is C17H18Br3ClN10O. The highest BCUT2D eigenvalue weighted by molar-refractivity contribution is 9.11. The average molecular weight is 654 g/mol. The highest BCUT2D eigenvalue weighted by atomic mass is 79.9. The predicted molar refractivity (Wildman–Crippen MR) is 132 cm³/mol. The number of nitrogens with zero attached hydrogens (tertiary/aromatic N) is 7. The Labute approximate surface area is 214 Å². The van der Waals surface area contributed by atoms with Gasteiger partial charge in [0.2, 0.25) is 17.2 Å². The van der Waals surface area contributed by atoms with E-state index < -0.39 is 0 Å². The molecular weight excluding hydrogens is 635 g/mol. The number of nitrogens with two attached hydrogens (primary N) is 1. The Bertz CT molecular complexity index is 943. The van der Waals surface area contributed by atoms with Gasteiger partial charge >= 0.3 is 6.03 Å². The number of hydrogen-bond acceptors (Lipinski definition) is 9. The maximum atomic E-state index is 11.2. The first kappa shape index (κ1) is 26.3. The molecule has 0 bridgehead atoms. The Morgan fingerprint density at radius 2 is 1.44 bits per heavy atom. The van der Waals surface area contributed by atoms with Gasteiger partial charge in [-0.1, -0.05) is 0 Å². The fraction of sp³-hybridized carbons (Fsp3) is 0.235. The van der Waals surface area contributed by atoms with Crippen molar-refractivity contribution >= 4 is 77.3 Å². The van der Waals surface area contributed by atoms with Gasteiger partial charge in [0.1, 0.15) is 0 Å². The van der Waals surface area contributed by atoms with E-state index >= 15 is 0 Å². The monoisotopic (exact) mass is 650 g/mol. The SMILES string of the molecule is Clc1ncc(Br)cn1.NCCNc1ncc(Br)cn1.O=C1NCCN1c1ncc(Br)cn1. The van der Waals surface area contributed by atoms with E-state index in [-0.39, 0.29) is 11.3 Å². The number of hydrogen-bond donors (Lipinski definition) is 3. The van der Waals surface area contributed by atoms with E-state index in [0.717, 1.165) is 13.4 Å². The summed E-state index contributed by atoms with van der Waals surface area (Å²) < 4.78 is 2.51. The number of carbonyl (C=O) groups is 1. The first-order valence-corrected chi connectivity index (χ1v) is 11.7. The van der Waals surface area contributed by atoms with Crippen molar-refractivity contribution in [2.24, 2.45) is 5.73 Å². The van der Waals surface area contributed by atoms with Gasteiger partial charge in [0.25, 0.3) is 0 Å². The number of halogens is 4. The molecule has 0 aromatic carbocycles. The standard InChI is InChI=1S/C7H7BrN4O.C6H9BrN4.C4H2BrClN2/c8-5-3-10-6(11-4-5)12-2-1-9-7(12)13;7-5-3-10-6(11-4-5)9-2-1-8;5-3-1-7-4(6)8-2-3/h3-4H,1-2H2,(H,9,13);3-4H,1-2,8H2,(H,9,10,11);1-2H. The summed E-state index contributed by atoms with van der Waals surface area (Å²) in [6.45, 7) is 2.56. The van der Waals surface area contributed by atoms with Crippen molar-refractivity contribution in [2.45, 2.75) is 0 Å². The second-order valence-corrected chi connectivity index (χ2v) is 8.78. The van der Waals surface area contributed by atoms with E-state index in [2.05, 4.69) is 88.3 Å². The van der Waals surface area contributed by atoms with Crippen LogP contribution in [0.2, 0.25) is 5.28 Å². The summed E-state index contributed by atoms with van der Waals surface area (Å²) in [6, 6.07) is -0.137. The summed E-state index contributed by atoms with van der Waals surface area (Å²) in [5.74, 6) is 1.05. The molecule has 1 aliphatic heterocycles. The lowest BCUT2D eigenvalue weighted by Crippen LogP contribution is -2.29. The molecule has 1 fully saturated rings. The van der Waals surface area contributed by atoms with Crippen LogP contribution in [0.3, 0.4) is 0 Å². The van der Waals surface area contributed by atoms with Gasteiger partial charge in [-0.2, -0.15) is 0 Å². The Kier molecular flexibility index (Phi) is 11.7. The number of rotatable bonds is 4. The van der Waals surface area contributed by atoms with Crippen molar-refractivity contribution in [1.82, 2.24) is 35.2 Å². The summed E-state index contributed by atoms with van der Waals surface area (Å²) in [5.41, 5.74) is 5.28. The molecule has 3 aromatic heterocycles. The zero-order chi connectivity index (χ0) is 23.3. The van der Waals surface area contributed by atoms with Crippen LogP contribution >= 0.6 is 59.4 Å². The third-order valence-corrected chi connectivity index (χ3v) is 4.77. The molecule has 0 saturated carbocycles. The summed E-state index contributed by atoms with van der Waals surface area (Å²) in [6.07, 6.45) is 9.80. The van der Waals surface area contributed by atoms with E-state index in [1.54, 1.807) is 37.2 Å². The Morgan fingerprint density at radius 1 is 0.938 bits per heavy atom. The molecule has 11 nitrogen and oxygen atoms in total. The van der Waals surface area contributed by atoms with Gasteiger partial charge in [-0.05, 0) is 59.4 Å². The van der Waals surface area contributed by atoms with Crippen molar-refractivity contribution in [3.05, 3.63) is 55.9 Å². The van der Waals surface area contributed by atoms with Gasteiger partial charge in [0.05, 0.1) is 13.4 Å². The molecule has 1 aliphatic rings. The summed E-state index contributed by atoms with van der Waals surface area (Å²) >= 11 is 15.0. The molecule has 0 radical (unpaired) electrons. The van der Waals surface area contributed by atoms with Crippen LogP contribution in [0, 0.1) is 0 Å². The lowest BCUT2D eigenvalue weighted by molar-refractivity contribution is 0.252. The quantitative estimate of drug-likeness (QED) is 0.361. The summed E-state index contributed by atoms with van der Waals surface area (Å²) in [7, 11) is 0. The molecule has 0 atom stereocenters. The molecule has 3 aromatic rings. The number of carbonyl (C=O) groups excluding carboxylic acids is 1. The van der Waals surface area contributed by atoms with E-state index in [9.17, 15) is 4.79 Å². The average Bonchev–Trinajstić information content (AvgIpc) is 3.23. The van der Waals surface area contributed by atoms with Crippen LogP contribution in [0.25, 0.3) is 0 Å². The zero-order valence-corrected chi connectivity index (χ0v) is 21.9. The van der Waals surface area contributed by atoms with Crippen LogP contribution < -0.4 is 21.3 Å². The molecule has 4 heterocycles. The molecule has 32 heavy (non-hydrogen) atoms. The van der Waals surface area contributed by atoms with Crippen molar-refractivity contribution < 1.29 is 4.79 Å². The van der Waals surface area contributed by atoms with Crippen LogP contribution in [0.1, 0.15) is 0 Å². The maximum absolute atomic E-state index is 11.2. The van der Waals surface area contributed by atoms with Gasteiger partial charge in [-0.15, -0.1) is 0 Å². The third kappa shape index (κ3) is 9.65. The second-order valence-electron chi connectivity index (χ2n) is 5.70. The number of anilines is 2. The first-order valence-electron chi connectivity index (χ1n) is 8.96. The van der Waals surface area contributed by atoms with Crippen molar-refractivity contribution in [1.29, 1.82) is 0 Å².